The summed E-state index contributed by atoms with van der Waals surface area (Å²) in [4.78, 5) is 0. The second-order valence-electron chi connectivity index (χ2n) is 10.7. The Labute approximate surface area is 266 Å². The van der Waals surface area contributed by atoms with Crippen molar-refractivity contribution in [2.45, 2.75) is 113 Å². The monoisotopic (exact) mass is 758 g/mol. The van der Waals surface area contributed by atoms with Gasteiger partial charge in [-0.1, -0.05) is 38.5 Å². The van der Waals surface area contributed by atoms with Gasteiger partial charge >= 0.3 is 35.8 Å². The Kier molecular flexibility index (Phi) is 14.7. The van der Waals surface area contributed by atoms with Crippen LogP contribution in [0.3, 0.4) is 0 Å². The minimum absolute atomic E-state index is 0. The second-order valence-corrected chi connectivity index (χ2v) is 10.7. The van der Waals surface area contributed by atoms with Crippen molar-refractivity contribution in [1.82, 2.24) is 4.57 Å². The predicted molar refractivity (Wildman–Crippen MR) is 134 cm³/mol. The van der Waals surface area contributed by atoms with Crippen LogP contribution in [0.1, 0.15) is 69.8 Å². The zero-order valence-corrected chi connectivity index (χ0v) is 26.0. The standard InChI is InChI=1S/C28H33F14N2O.BrH/c1-45-22-12-11-21(29)17-20(22)18-44-16-15-43(19-44)14-10-8-6-4-2-3-5-7-9-13-23(30,31)24(32,33)25(34,35)26(36,37)27(38,39)28(40,41)42;/h11-12,15-17,19H,2-10,13-14,18H2,1H3;1H/q+1;/p-1. The molecule has 0 fully saturated rings. The van der Waals surface area contributed by atoms with E-state index in [9.17, 15) is 61.5 Å². The summed E-state index contributed by atoms with van der Waals surface area (Å²) in [6.45, 7) is 1.10. The van der Waals surface area contributed by atoms with Gasteiger partial charge in [-0.25, -0.2) is 13.5 Å². The van der Waals surface area contributed by atoms with Gasteiger partial charge in [0, 0.05) is 12.0 Å². The van der Waals surface area contributed by atoms with E-state index in [0.717, 1.165) is 25.7 Å². The first-order valence-corrected chi connectivity index (χ1v) is 14.0. The number of methoxy groups -OCH3 is 1. The number of aromatic nitrogens is 2. The number of halogens is 15. The van der Waals surface area contributed by atoms with E-state index in [1.807, 2.05) is 27.9 Å². The van der Waals surface area contributed by atoms with Gasteiger partial charge in [0.05, 0.1) is 13.7 Å². The molecular formula is C28H33BrF14N2O. The van der Waals surface area contributed by atoms with E-state index in [1.165, 1.54) is 19.2 Å². The quantitative estimate of drug-likeness (QED) is 0.0897. The van der Waals surface area contributed by atoms with Gasteiger partial charge in [-0.2, -0.15) is 57.1 Å². The predicted octanol–water partition coefficient (Wildman–Crippen LogP) is 6.62. The van der Waals surface area contributed by atoms with Gasteiger partial charge in [0.2, 0.25) is 6.33 Å². The van der Waals surface area contributed by atoms with Crippen LogP contribution < -0.4 is 26.3 Å². The molecule has 0 unspecified atom stereocenters. The molecule has 0 atom stereocenters. The van der Waals surface area contributed by atoms with E-state index >= 15 is 0 Å². The van der Waals surface area contributed by atoms with Crippen LogP contribution in [0.5, 0.6) is 5.75 Å². The summed E-state index contributed by atoms with van der Waals surface area (Å²) >= 11 is 0. The third-order valence-corrected chi connectivity index (χ3v) is 7.25. The Morgan fingerprint density at radius 2 is 1.17 bits per heavy atom. The number of alkyl halides is 13. The van der Waals surface area contributed by atoms with Gasteiger partial charge in [0.25, 0.3) is 0 Å². The van der Waals surface area contributed by atoms with E-state index in [4.69, 9.17) is 4.74 Å². The van der Waals surface area contributed by atoms with Crippen LogP contribution in [0.4, 0.5) is 61.5 Å². The van der Waals surface area contributed by atoms with Gasteiger partial charge in [0.15, 0.2) is 0 Å². The number of aryl methyl sites for hydroxylation is 1. The Hall–Kier alpha value is -2.27. The number of hydrogen-bond acceptors (Lipinski definition) is 1. The first-order chi connectivity index (χ1) is 20.6. The van der Waals surface area contributed by atoms with Gasteiger partial charge in [0.1, 0.15) is 30.5 Å². The van der Waals surface area contributed by atoms with Crippen LogP contribution in [0.25, 0.3) is 0 Å². The van der Waals surface area contributed by atoms with Crippen molar-refractivity contribution in [3.8, 4) is 5.75 Å². The summed E-state index contributed by atoms with van der Waals surface area (Å²) in [6.07, 6.45) is -0.674. The lowest BCUT2D eigenvalue weighted by atomic mass is 9.91. The molecule has 1 aromatic carbocycles. The summed E-state index contributed by atoms with van der Waals surface area (Å²) in [5, 5.41) is 0. The van der Waals surface area contributed by atoms with Gasteiger partial charge < -0.3 is 21.7 Å². The molecule has 1 aromatic heterocycles. The van der Waals surface area contributed by atoms with Crippen LogP contribution in [0, 0.1) is 5.82 Å². The number of rotatable bonds is 19. The zero-order valence-electron chi connectivity index (χ0n) is 24.4. The molecule has 0 bridgehead atoms. The molecule has 0 aliphatic carbocycles. The van der Waals surface area contributed by atoms with Crippen molar-refractivity contribution in [2.75, 3.05) is 7.11 Å². The van der Waals surface area contributed by atoms with Crippen molar-refractivity contribution in [3.63, 3.8) is 0 Å². The first kappa shape index (κ1) is 41.8. The number of unbranched alkanes of at least 4 members (excludes halogenated alkanes) is 8. The minimum Gasteiger partial charge on any atom is -1.00 e. The van der Waals surface area contributed by atoms with E-state index in [1.54, 1.807) is 6.07 Å². The van der Waals surface area contributed by atoms with Crippen molar-refractivity contribution >= 4 is 0 Å². The van der Waals surface area contributed by atoms with Crippen LogP contribution in [-0.2, 0) is 13.1 Å². The third-order valence-electron chi connectivity index (χ3n) is 7.25. The lowest BCUT2D eigenvalue weighted by molar-refractivity contribution is -0.687. The van der Waals surface area contributed by atoms with E-state index in [-0.39, 0.29) is 35.6 Å². The van der Waals surface area contributed by atoms with Gasteiger partial charge in [-0.15, -0.1) is 0 Å². The van der Waals surface area contributed by atoms with Crippen LogP contribution in [0.2, 0.25) is 0 Å². The molecule has 0 amide bonds. The molecule has 46 heavy (non-hydrogen) atoms. The molecule has 3 nitrogen and oxygen atoms in total. The Morgan fingerprint density at radius 3 is 1.70 bits per heavy atom. The number of nitrogens with zero attached hydrogens (tertiary/aromatic N) is 2. The molecule has 266 valence electrons. The fourth-order valence-corrected chi connectivity index (χ4v) is 4.57. The first-order valence-electron chi connectivity index (χ1n) is 14.0. The average molecular weight is 759 g/mol. The molecule has 0 saturated heterocycles. The topological polar surface area (TPSA) is 18.0 Å². The van der Waals surface area contributed by atoms with E-state index < -0.39 is 48.6 Å². The molecule has 0 aliphatic rings. The number of ether oxygens (including phenoxy) is 1. The molecule has 18 heteroatoms. The zero-order chi connectivity index (χ0) is 34.3. The molecule has 2 aromatic rings. The molecule has 0 aliphatic heterocycles. The van der Waals surface area contributed by atoms with Crippen molar-refractivity contribution in [3.05, 3.63) is 48.3 Å². The third kappa shape index (κ3) is 9.42. The van der Waals surface area contributed by atoms with Crippen molar-refractivity contribution < 1.29 is 87.8 Å². The second kappa shape index (κ2) is 16.2. The Balaban J connectivity index is 0.0000106. The molecule has 2 rings (SSSR count). The highest BCUT2D eigenvalue weighted by atomic mass is 79.9. The number of imidazole rings is 1. The minimum atomic E-state index is -7.85. The summed E-state index contributed by atoms with van der Waals surface area (Å²) in [5.74, 6) is -36.3. The fourth-order valence-electron chi connectivity index (χ4n) is 4.57. The normalized spacial score (nSPS) is 13.5. The highest BCUT2D eigenvalue weighted by Gasteiger charge is 2.90. The molecule has 0 radical (unpaired) electrons. The Morgan fingerprint density at radius 1 is 0.674 bits per heavy atom. The summed E-state index contributed by atoms with van der Waals surface area (Å²) in [5.41, 5.74) is 0.672. The lowest BCUT2D eigenvalue weighted by Gasteiger charge is -2.39. The van der Waals surface area contributed by atoms with Crippen LogP contribution in [0.15, 0.2) is 36.9 Å². The molecule has 0 saturated carbocycles. The van der Waals surface area contributed by atoms with Crippen molar-refractivity contribution in [2.24, 2.45) is 0 Å². The largest absolute Gasteiger partial charge is 1.00 e. The van der Waals surface area contributed by atoms with E-state index in [2.05, 4.69) is 0 Å². The molecule has 0 N–H and O–H groups in total. The SMILES string of the molecule is COc1ccc(F)cc1C[n+]1ccn(CCCCCCCCCCCC(F)(F)C(F)(F)C(F)(F)C(F)(F)C(F)(F)C(F)(F)F)c1.[Br-]. The van der Waals surface area contributed by atoms with Gasteiger partial charge in [-0.05, 0) is 37.5 Å². The average Bonchev–Trinajstić information content (AvgIpc) is 3.37. The molecular weight excluding hydrogens is 726 g/mol. The lowest BCUT2D eigenvalue weighted by Crippen LogP contribution is -3.00. The Bertz CT molecular complexity index is 1220. The van der Waals surface area contributed by atoms with Gasteiger partial charge in [-0.3, -0.25) is 0 Å². The van der Waals surface area contributed by atoms with Crippen molar-refractivity contribution in [1.29, 1.82) is 0 Å². The van der Waals surface area contributed by atoms with Crippen LogP contribution in [-0.4, -0.2) is 47.5 Å². The highest BCUT2D eigenvalue weighted by Crippen LogP contribution is 2.60. The summed E-state index contributed by atoms with van der Waals surface area (Å²) < 4.78 is 193. The summed E-state index contributed by atoms with van der Waals surface area (Å²) in [6, 6.07) is 4.23. The van der Waals surface area contributed by atoms with E-state index in [0.29, 0.717) is 37.2 Å². The molecule has 1 heterocycles. The number of hydrogen-bond donors (Lipinski definition) is 0. The smallest absolute Gasteiger partial charge is 0.460 e. The number of benzene rings is 1. The van der Waals surface area contributed by atoms with Crippen LogP contribution >= 0.6 is 0 Å². The fraction of sp³-hybridized carbons (Fsp3) is 0.679. The molecule has 0 spiro atoms. The maximum atomic E-state index is 13.8. The highest BCUT2D eigenvalue weighted by molar-refractivity contribution is 5.33. The maximum absolute atomic E-state index is 13.8. The summed E-state index contributed by atoms with van der Waals surface area (Å²) in [7, 11) is 1.49. The maximum Gasteiger partial charge on any atom is 0.460 e.